The Morgan fingerprint density at radius 2 is 1.54 bits per heavy atom. The van der Waals surface area contributed by atoms with Crippen LogP contribution in [0.4, 0.5) is 0 Å². The molecule has 1 aromatic carbocycles. The zero-order chi connectivity index (χ0) is 16.3. The molecule has 1 heterocycles. The molecular weight excluding hydrogens is 324 g/mol. The standard InChI is InChI=1S/C19H32N2O2.ClH/c1-3-4-15-22-18-8-7-9-19(17-18)23-16-6-5-10-21-13-11-20(2)12-14-21;/h7-9,17H,3-6,10-16H2,1-2H3;1H. The molecule has 0 bridgehead atoms. The van der Waals surface area contributed by atoms with Gasteiger partial charge in [-0.2, -0.15) is 0 Å². The summed E-state index contributed by atoms with van der Waals surface area (Å²) in [5, 5.41) is 0. The van der Waals surface area contributed by atoms with Crippen molar-refractivity contribution in [2.75, 3.05) is 53.0 Å². The Balaban J connectivity index is 0.00000288. The number of ether oxygens (including phenoxy) is 2. The average molecular weight is 357 g/mol. The summed E-state index contributed by atoms with van der Waals surface area (Å²) in [6.45, 7) is 9.73. The molecule has 0 radical (unpaired) electrons. The van der Waals surface area contributed by atoms with Crippen LogP contribution in [-0.4, -0.2) is 62.8 Å². The third kappa shape index (κ3) is 8.22. The van der Waals surface area contributed by atoms with Crippen molar-refractivity contribution in [2.45, 2.75) is 32.6 Å². The number of halogens is 1. The van der Waals surface area contributed by atoms with Crippen molar-refractivity contribution in [1.82, 2.24) is 9.80 Å². The van der Waals surface area contributed by atoms with E-state index in [0.717, 1.165) is 44.0 Å². The number of likely N-dealkylation sites (N-methyl/N-ethyl adjacent to an activating group) is 1. The maximum Gasteiger partial charge on any atom is 0.122 e. The van der Waals surface area contributed by atoms with Crippen LogP contribution in [0.25, 0.3) is 0 Å². The molecule has 1 saturated heterocycles. The Bertz CT molecular complexity index is 437. The Morgan fingerprint density at radius 3 is 2.17 bits per heavy atom. The molecule has 0 saturated carbocycles. The van der Waals surface area contributed by atoms with E-state index in [4.69, 9.17) is 9.47 Å². The van der Waals surface area contributed by atoms with Crippen molar-refractivity contribution in [2.24, 2.45) is 0 Å². The van der Waals surface area contributed by atoms with Crippen molar-refractivity contribution < 1.29 is 9.47 Å². The van der Waals surface area contributed by atoms with Gasteiger partial charge in [0.1, 0.15) is 11.5 Å². The van der Waals surface area contributed by atoms with E-state index in [1.165, 1.54) is 39.1 Å². The number of nitrogens with zero attached hydrogens (tertiary/aromatic N) is 2. The third-order valence-electron chi connectivity index (χ3n) is 4.31. The first kappa shape index (κ1) is 21.1. The van der Waals surface area contributed by atoms with Crippen LogP contribution in [0.5, 0.6) is 11.5 Å². The largest absolute Gasteiger partial charge is 0.493 e. The fourth-order valence-electron chi connectivity index (χ4n) is 2.69. The number of rotatable bonds is 10. The summed E-state index contributed by atoms with van der Waals surface area (Å²) in [6, 6.07) is 8.00. The van der Waals surface area contributed by atoms with Gasteiger partial charge in [-0.3, -0.25) is 0 Å². The van der Waals surface area contributed by atoms with Crippen LogP contribution in [0, 0.1) is 0 Å². The smallest absolute Gasteiger partial charge is 0.122 e. The van der Waals surface area contributed by atoms with Crippen LogP contribution in [0.15, 0.2) is 24.3 Å². The van der Waals surface area contributed by atoms with Gasteiger partial charge >= 0.3 is 0 Å². The predicted molar refractivity (Wildman–Crippen MR) is 103 cm³/mol. The van der Waals surface area contributed by atoms with Crippen LogP contribution in [0.3, 0.4) is 0 Å². The lowest BCUT2D eigenvalue weighted by molar-refractivity contribution is 0.150. The lowest BCUT2D eigenvalue weighted by Crippen LogP contribution is -2.44. The maximum atomic E-state index is 5.85. The highest BCUT2D eigenvalue weighted by molar-refractivity contribution is 5.85. The Kier molecular flexibility index (Phi) is 10.9. The van der Waals surface area contributed by atoms with Gasteiger partial charge < -0.3 is 19.3 Å². The van der Waals surface area contributed by atoms with Crippen molar-refractivity contribution in [3.63, 3.8) is 0 Å². The fraction of sp³-hybridized carbons (Fsp3) is 0.684. The van der Waals surface area contributed by atoms with Crippen molar-refractivity contribution >= 4 is 12.4 Å². The van der Waals surface area contributed by atoms with Crippen molar-refractivity contribution in [1.29, 1.82) is 0 Å². The van der Waals surface area contributed by atoms with Gasteiger partial charge in [0.05, 0.1) is 13.2 Å². The number of unbranched alkanes of at least 4 members (excludes halogenated alkanes) is 2. The van der Waals surface area contributed by atoms with Crippen LogP contribution in [0.2, 0.25) is 0 Å². The minimum absolute atomic E-state index is 0. The summed E-state index contributed by atoms with van der Waals surface area (Å²) >= 11 is 0. The minimum atomic E-state index is 0. The van der Waals surface area contributed by atoms with E-state index in [0.29, 0.717) is 0 Å². The molecule has 1 fully saturated rings. The predicted octanol–water partition coefficient (Wildman–Crippen LogP) is 3.69. The molecule has 0 unspecified atom stereocenters. The first-order valence-electron chi connectivity index (χ1n) is 9.04. The number of hydrogen-bond donors (Lipinski definition) is 0. The zero-order valence-corrected chi connectivity index (χ0v) is 16.0. The van der Waals surface area contributed by atoms with Gasteiger partial charge in [-0.05, 0) is 45.0 Å². The quantitative estimate of drug-likeness (QED) is 0.597. The lowest BCUT2D eigenvalue weighted by atomic mass is 10.2. The average Bonchev–Trinajstić information content (AvgIpc) is 2.57. The zero-order valence-electron chi connectivity index (χ0n) is 15.2. The van der Waals surface area contributed by atoms with Crippen molar-refractivity contribution in [3.8, 4) is 11.5 Å². The van der Waals surface area contributed by atoms with E-state index in [2.05, 4.69) is 23.8 Å². The molecule has 1 aliphatic heterocycles. The van der Waals surface area contributed by atoms with Gasteiger partial charge in [0.25, 0.3) is 0 Å². The number of piperazine rings is 1. The summed E-state index contributed by atoms with van der Waals surface area (Å²) in [7, 11) is 2.20. The number of benzene rings is 1. The summed E-state index contributed by atoms with van der Waals surface area (Å²) in [6.07, 6.45) is 4.56. The molecule has 138 valence electrons. The monoisotopic (exact) mass is 356 g/mol. The molecule has 0 aliphatic carbocycles. The van der Waals surface area contributed by atoms with Gasteiger partial charge in [0, 0.05) is 32.2 Å². The van der Waals surface area contributed by atoms with Crippen LogP contribution < -0.4 is 9.47 Å². The van der Waals surface area contributed by atoms with Gasteiger partial charge in [-0.25, -0.2) is 0 Å². The Labute approximate surface area is 153 Å². The normalized spacial score (nSPS) is 15.8. The first-order valence-corrected chi connectivity index (χ1v) is 9.04. The highest BCUT2D eigenvalue weighted by atomic mass is 35.5. The molecule has 0 N–H and O–H groups in total. The molecule has 1 aromatic rings. The molecule has 0 amide bonds. The van der Waals surface area contributed by atoms with Gasteiger partial charge in [-0.15, -0.1) is 12.4 Å². The van der Waals surface area contributed by atoms with Crippen molar-refractivity contribution in [3.05, 3.63) is 24.3 Å². The summed E-state index contributed by atoms with van der Waals surface area (Å²) < 4.78 is 11.6. The lowest BCUT2D eigenvalue weighted by Gasteiger charge is -2.32. The van der Waals surface area contributed by atoms with Gasteiger partial charge in [-0.1, -0.05) is 19.4 Å². The van der Waals surface area contributed by atoms with Crippen LogP contribution in [-0.2, 0) is 0 Å². The second kappa shape index (κ2) is 12.4. The minimum Gasteiger partial charge on any atom is -0.493 e. The molecule has 2 rings (SSSR count). The highest BCUT2D eigenvalue weighted by Crippen LogP contribution is 2.20. The van der Waals surface area contributed by atoms with E-state index in [9.17, 15) is 0 Å². The summed E-state index contributed by atoms with van der Waals surface area (Å²) in [4.78, 5) is 4.96. The second-order valence-electron chi connectivity index (χ2n) is 6.38. The first-order chi connectivity index (χ1) is 11.3. The molecule has 4 nitrogen and oxygen atoms in total. The maximum absolute atomic E-state index is 5.85. The molecule has 24 heavy (non-hydrogen) atoms. The Hall–Kier alpha value is -0.970. The van der Waals surface area contributed by atoms with Gasteiger partial charge in [0.2, 0.25) is 0 Å². The molecule has 5 heteroatoms. The number of hydrogen-bond acceptors (Lipinski definition) is 4. The SMILES string of the molecule is CCCCOc1cccc(OCCCCN2CCN(C)CC2)c1.Cl. The van der Waals surface area contributed by atoms with Crippen LogP contribution in [0.1, 0.15) is 32.6 Å². The fourth-order valence-corrected chi connectivity index (χ4v) is 2.69. The topological polar surface area (TPSA) is 24.9 Å². The molecule has 1 aliphatic rings. The van der Waals surface area contributed by atoms with E-state index in [1.54, 1.807) is 0 Å². The highest BCUT2D eigenvalue weighted by Gasteiger charge is 2.12. The van der Waals surface area contributed by atoms with E-state index in [1.807, 2.05) is 24.3 Å². The van der Waals surface area contributed by atoms with E-state index in [-0.39, 0.29) is 12.4 Å². The van der Waals surface area contributed by atoms with Crippen LogP contribution >= 0.6 is 12.4 Å². The molecule has 0 spiro atoms. The summed E-state index contributed by atoms with van der Waals surface area (Å²) in [5.41, 5.74) is 0. The Morgan fingerprint density at radius 1 is 0.917 bits per heavy atom. The summed E-state index contributed by atoms with van der Waals surface area (Å²) in [5.74, 6) is 1.83. The second-order valence-corrected chi connectivity index (χ2v) is 6.38. The van der Waals surface area contributed by atoms with Gasteiger partial charge in [0.15, 0.2) is 0 Å². The van der Waals surface area contributed by atoms with E-state index < -0.39 is 0 Å². The third-order valence-corrected chi connectivity index (χ3v) is 4.31. The molecule has 0 aromatic heterocycles. The molecule has 0 atom stereocenters. The molecular formula is C19H33ClN2O2. The van der Waals surface area contributed by atoms with E-state index >= 15 is 0 Å².